The van der Waals surface area contributed by atoms with Crippen LogP contribution < -0.4 is 5.32 Å². The van der Waals surface area contributed by atoms with E-state index in [2.05, 4.69) is 5.32 Å². The third kappa shape index (κ3) is 3.31. The second-order valence-corrected chi connectivity index (χ2v) is 4.92. The van der Waals surface area contributed by atoms with Gasteiger partial charge in [-0.3, -0.25) is 9.59 Å². The third-order valence-electron chi connectivity index (χ3n) is 3.28. The van der Waals surface area contributed by atoms with Gasteiger partial charge in [0.25, 0.3) is 5.91 Å². The van der Waals surface area contributed by atoms with E-state index in [1.54, 1.807) is 4.90 Å². The lowest BCUT2D eigenvalue weighted by Gasteiger charge is -2.33. The summed E-state index contributed by atoms with van der Waals surface area (Å²) in [5.41, 5.74) is 0.118. The van der Waals surface area contributed by atoms with Gasteiger partial charge in [0.2, 0.25) is 5.91 Å². The van der Waals surface area contributed by atoms with Gasteiger partial charge in [-0.1, -0.05) is 0 Å². The minimum absolute atomic E-state index is 0.0875. The largest absolute Gasteiger partial charge is 0.352 e. The Labute approximate surface area is 115 Å². The van der Waals surface area contributed by atoms with Crippen molar-refractivity contribution in [2.24, 2.45) is 0 Å². The number of piperidine rings is 1. The molecule has 2 amide bonds. The highest BCUT2D eigenvalue weighted by atomic mass is 19.2. The number of nitrogens with one attached hydrogen (secondary N) is 1. The molecular formula is C14H16F2N2O2. The summed E-state index contributed by atoms with van der Waals surface area (Å²) < 4.78 is 26.0. The van der Waals surface area contributed by atoms with Gasteiger partial charge in [-0.25, -0.2) is 8.78 Å². The quantitative estimate of drug-likeness (QED) is 0.897. The fourth-order valence-electron chi connectivity index (χ4n) is 2.38. The number of halogens is 2. The van der Waals surface area contributed by atoms with Crippen molar-refractivity contribution >= 4 is 11.8 Å². The molecule has 0 aromatic heterocycles. The highest BCUT2D eigenvalue weighted by molar-refractivity contribution is 5.94. The van der Waals surface area contributed by atoms with Crippen LogP contribution in [-0.4, -0.2) is 35.8 Å². The zero-order valence-electron chi connectivity index (χ0n) is 11.2. The lowest BCUT2D eigenvalue weighted by atomic mass is 10.0. The van der Waals surface area contributed by atoms with Crippen LogP contribution in [0.1, 0.15) is 30.1 Å². The summed E-state index contributed by atoms with van der Waals surface area (Å²) in [7, 11) is 0. The molecule has 0 bridgehead atoms. The van der Waals surface area contributed by atoms with Crippen LogP contribution >= 0.6 is 0 Å². The molecule has 0 saturated carbocycles. The highest BCUT2D eigenvalue weighted by Crippen LogP contribution is 2.16. The lowest BCUT2D eigenvalue weighted by Crippen LogP contribution is -2.49. The first-order valence-electron chi connectivity index (χ1n) is 6.49. The number of nitrogens with zero attached hydrogens (tertiary/aromatic N) is 1. The first-order chi connectivity index (χ1) is 9.47. The minimum Gasteiger partial charge on any atom is -0.352 e. The van der Waals surface area contributed by atoms with Crippen LogP contribution in [0.3, 0.4) is 0 Å². The van der Waals surface area contributed by atoms with E-state index in [1.165, 1.54) is 13.0 Å². The molecule has 0 radical (unpaired) electrons. The maximum atomic E-state index is 13.2. The molecule has 1 aliphatic heterocycles. The van der Waals surface area contributed by atoms with Gasteiger partial charge in [0.05, 0.1) is 0 Å². The van der Waals surface area contributed by atoms with Gasteiger partial charge in [-0.15, -0.1) is 0 Å². The van der Waals surface area contributed by atoms with Crippen LogP contribution in [0.15, 0.2) is 18.2 Å². The highest BCUT2D eigenvalue weighted by Gasteiger charge is 2.25. The molecule has 1 aromatic rings. The Morgan fingerprint density at radius 2 is 2.05 bits per heavy atom. The second kappa shape index (κ2) is 5.98. The Balaban J connectivity index is 2.08. The van der Waals surface area contributed by atoms with E-state index >= 15 is 0 Å². The van der Waals surface area contributed by atoms with Gasteiger partial charge < -0.3 is 10.2 Å². The molecule has 1 aliphatic rings. The molecule has 1 saturated heterocycles. The number of likely N-dealkylation sites (tertiary alicyclic amines) is 1. The van der Waals surface area contributed by atoms with Gasteiger partial charge in [-0.2, -0.15) is 0 Å². The summed E-state index contributed by atoms with van der Waals surface area (Å²) in [6.07, 6.45) is 1.57. The molecule has 1 heterocycles. The zero-order valence-corrected chi connectivity index (χ0v) is 11.2. The lowest BCUT2D eigenvalue weighted by molar-refractivity contribution is -0.120. The zero-order chi connectivity index (χ0) is 14.7. The Kier molecular flexibility index (Phi) is 4.32. The second-order valence-electron chi connectivity index (χ2n) is 4.92. The Morgan fingerprint density at radius 1 is 1.30 bits per heavy atom. The number of rotatable bonds is 2. The van der Waals surface area contributed by atoms with E-state index in [0.29, 0.717) is 13.1 Å². The van der Waals surface area contributed by atoms with Crippen molar-refractivity contribution in [3.05, 3.63) is 35.4 Å². The van der Waals surface area contributed by atoms with Gasteiger partial charge in [0, 0.05) is 31.6 Å². The maximum Gasteiger partial charge on any atom is 0.254 e. The van der Waals surface area contributed by atoms with E-state index in [0.717, 1.165) is 25.0 Å². The van der Waals surface area contributed by atoms with Crippen molar-refractivity contribution < 1.29 is 18.4 Å². The van der Waals surface area contributed by atoms with Crippen molar-refractivity contribution in [1.82, 2.24) is 10.2 Å². The molecule has 108 valence electrons. The topological polar surface area (TPSA) is 49.4 Å². The predicted molar refractivity (Wildman–Crippen MR) is 69.1 cm³/mol. The smallest absolute Gasteiger partial charge is 0.254 e. The SMILES string of the molecule is CC(=O)NC1CCCN(C(=O)c2ccc(F)c(F)c2)C1. The first kappa shape index (κ1) is 14.4. The first-order valence-corrected chi connectivity index (χ1v) is 6.49. The molecule has 1 N–H and O–H groups in total. The van der Waals surface area contributed by atoms with E-state index in [-0.39, 0.29) is 23.4 Å². The predicted octanol–water partition coefficient (Wildman–Crippen LogP) is 1.71. The fraction of sp³-hybridized carbons (Fsp3) is 0.429. The molecule has 0 aliphatic carbocycles. The molecule has 6 heteroatoms. The summed E-state index contributed by atoms with van der Waals surface area (Å²) in [5, 5.41) is 2.77. The van der Waals surface area contributed by atoms with Crippen LogP contribution in [-0.2, 0) is 4.79 Å². The minimum atomic E-state index is -1.04. The molecule has 1 fully saturated rings. The van der Waals surface area contributed by atoms with Gasteiger partial charge >= 0.3 is 0 Å². The number of hydrogen-bond donors (Lipinski definition) is 1. The molecule has 2 rings (SSSR count). The Bertz CT molecular complexity index is 534. The normalized spacial score (nSPS) is 18.8. The molecule has 1 unspecified atom stereocenters. The Hall–Kier alpha value is -1.98. The standard InChI is InChI=1S/C14H16F2N2O2/c1-9(19)17-11-3-2-6-18(8-11)14(20)10-4-5-12(15)13(16)7-10/h4-5,7,11H,2-3,6,8H2,1H3,(H,17,19). The van der Waals surface area contributed by atoms with Crippen molar-refractivity contribution in [1.29, 1.82) is 0 Å². The third-order valence-corrected chi connectivity index (χ3v) is 3.28. The maximum absolute atomic E-state index is 13.2. The van der Waals surface area contributed by atoms with Gasteiger partial charge in [-0.05, 0) is 31.0 Å². The summed E-state index contributed by atoms with van der Waals surface area (Å²) in [6, 6.07) is 3.02. The average molecular weight is 282 g/mol. The van der Waals surface area contributed by atoms with E-state index < -0.39 is 11.6 Å². The molecule has 0 spiro atoms. The van der Waals surface area contributed by atoms with Crippen molar-refractivity contribution in [3.8, 4) is 0 Å². The number of hydrogen-bond acceptors (Lipinski definition) is 2. The summed E-state index contributed by atoms with van der Waals surface area (Å²) in [4.78, 5) is 24.8. The van der Waals surface area contributed by atoms with Crippen molar-refractivity contribution in [2.75, 3.05) is 13.1 Å². The molecule has 4 nitrogen and oxygen atoms in total. The van der Waals surface area contributed by atoms with Crippen LogP contribution in [0.2, 0.25) is 0 Å². The fourth-order valence-corrected chi connectivity index (χ4v) is 2.38. The molecule has 20 heavy (non-hydrogen) atoms. The molecular weight excluding hydrogens is 266 g/mol. The van der Waals surface area contributed by atoms with Crippen LogP contribution in [0.5, 0.6) is 0 Å². The van der Waals surface area contributed by atoms with Crippen LogP contribution in [0.4, 0.5) is 8.78 Å². The van der Waals surface area contributed by atoms with Crippen LogP contribution in [0.25, 0.3) is 0 Å². The monoisotopic (exact) mass is 282 g/mol. The van der Waals surface area contributed by atoms with E-state index in [9.17, 15) is 18.4 Å². The average Bonchev–Trinajstić information content (AvgIpc) is 2.40. The number of carbonyl (C=O) groups excluding carboxylic acids is 2. The van der Waals surface area contributed by atoms with Crippen LogP contribution in [0, 0.1) is 11.6 Å². The molecule has 1 atom stereocenters. The summed E-state index contributed by atoms with van der Waals surface area (Å²) in [5.74, 6) is -2.50. The van der Waals surface area contributed by atoms with Crippen molar-refractivity contribution in [2.45, 2.75) is 25.8 Å². The van der Waals surface area contributed by atoms with E-state index in [1.807, 2.05) is 0 Å². The number of carbonyl (C=O) groups is 2. The number of benzene rings is 1. The Morgan fingerprint density at radius 3 is 2.70 bits per heavy atom. The number of amides is 2. The molecule has 1 aromatic carbocycles. The van der Waals surface area contributed by atoms with Gasteiger partial charge in [0.1, 0.15) is 0 Å². The van der Waals surface area contributed by atoms with Crippen molar-refractivity contribution in [3.63, 3.8) is 0 Å². The van der Waals surface area contributed by atoms with Gasteiger partial charge in [0.15, 0.2) is 11.6 Å². The summed E-state index contributed by atoms with van der Waals surface area (Å²) >= 11 is 0. The van der Waals surface area contributed by atoms with E-state index in [4.69, 9.17) is 0 Å². The summed E-state index contributed by atoms with van der Waals surface area (Å²) in [6.45, 7) is 2.36.